The van der Waals surface area contributed by atoms with E-state index in [1.807, 2.05) is 6.92 Å². The number of halogens is 2. The van der Waals surface area contributed by atoms with Crippen molar-refractivity contribution in [3.8, 4) is 11.5 Å². The molecule has 0 radical (unpaired) electrons. The Kier molecular flexibility index (Phi) is 4.69. The van der Waals surface area contributed by atoms with Gasteiger partial charge in [0, 0.05) is 30.8 Å². The summed E-state index contributed by atoms with van der Waals surface area (Å²) in [7, 11) is 1.74. The third-order valence-electron chi connectivity index (χ3n) is 3.49. The molecule has 1 amide bonds. The molecule has 0 bridgehead atoms. The van der Waals surface area contributed by atoms with E-state index in [0.717, 1.165) is 5.69 Å². The predicted molar refractivity (Wildman–Crippen MR) is 93.1 cm³/mol. The third-order valence-corrected chi connectivity index (χ3v) is 4.25. The number of hydrogen-bond donors (Lipinski definition) is 1. The monoisotopic (exact) mass is 367 g/mol. The lowest BCUT2D eigenvalue weighted by Gasteiger charge is -2.19. The fraction of sp³-hybridized carbons (Fsp3) is 0.250. The zero-order valence-corrected chi connectivity index (χ0v) is 14.6. The Morgan fingerprint density at radius 2 is 1.96 bits per heavy atom. The third kappa shape index (κ3) is 3.34. The highest BCUT2D eigenvalue weighted by atomic mass is 35.5. The Morgan fingerprint density at radius 1 is 1.29 bits per heavy atom. The number of anilines is 1. The van der Waals surface area contributed by atoms with E-state index in [9.17, 15) is 4.79 Å². The predicted octanol–water partition coefficient (Wildman–Crippen LogP) is 3.46. The Bertz CT molecular complexity index is 830. The summed E-state index contributed by atoms with van der Waals surface area (Å²) < 4.78 is 12.5. The van der Waals surface area contributed by atoms with Crippen LogP contribution in [0.1, 0.15) is 11.3 Å². The van der Waals surface area contributed by atoms with Crippen molar-refractivity contribution < 1.29 is 14.3 Å². The SMILES string of the molecule is Cc1nn(C)c(Cl)c1/C=C/C(=O)Nc1cc2c(cc1Cl)OCCO2. The molecule has 0 unspecified atom stereocenters. The number of hydrogen-bond acceptors (Lipinski definition) is 4. The van der Waals surface area contributed by atoms with Gasteiger partial charge in [-0.1, -0.05) is 23.2 Å². The number of amides is 1. The van der Waals surface area contributed by atoms with Gasteiger partial charge >= 0.3 is 0 Å². The van der Waals surface area contributed by atoms with Gasteiger partial charge in [0.15, 0.2) is 11.5 Å². The summed E-state index contributed by atoms with van der Waals surface area (Å²) in [5, 5.41) is 7.74. The van der Waals surface area contributed by atoms with Crippen LogP contribution >= 0.6 is 23.2 Å². The standard InChI is InChI=1S/C16H15Cl2N3O3/c1-9-10(16(18)21(2)20-9)3-4-15(22)19-12-8-14-13(7-11(12)17)23-5-6-24-14/h3-4,7-8H,5-6H2,1-2H3,(H,19,22)/b4-3+. The summed E-state index contributed by atoms with van der Waals surface area (Å²) in [6.45, 7) is 2.75. The van der Waals surface area contributed by atoms with Gasteiger partial charge in [0.2, 0.25) is 5.91 Å². The van der Waals surface area contributed by atoms with Gasteiger partial charge in [0.25, 0.3) is 0 Å². The first-order valence-corrected chi connectivity index (χ1v) is 7.98. The summed E-state index contributed by atoms with van der Waals surface area (Å²) in [5.41, 5.74) is 1.89. The lowest BCUT2D eigenvalue weighted by molar-refractivity contribution is -0.111. The van der Waals surface area contributed by atoms with Crippen molar-refractivity contribution in [1.29, 1.82) is 0 Å². The van der Waals surface area contributed by atoms with E-state index in [-0.39, 0.29) is 5.91 Å². The minimum Gasteiger partial charge on any atom is -0.486 e. The van der Waals surface area contributed by atoms with Crippen molar-refractivity contribution in [2.45, 2.75) is 6.92 Å². The number of ether oxygens (including phenoxy) is 2. The minimum atomic E-state index is -0.340. The molecular weight excluding hydrogens is 353 g/mol. The van der Waals surface area contributed by atoms with E-state index in [1.165, 1.54) is 6.08 Å². The van der Waals surface area contributed by atoms with E-state index in [2.05, 4.69) is 10.4 Å². The quantitative estimate of drug-likeness (QED) is 0.843. The average Bonchev–Trinajstić information content (AvgIpc) is 2.79. The Balaban J connectivity index is 1.76. The maximum Gasteiger partial charge on any atom is 0.248 e. The molecule has 1 aliphatic heterocycles. The van der Waals surface area contributed by atoms with Gasteiger partial charge in [-0.3, -0.25) is 9.48 Å². The molecule has 1 aromatic heterocycles. The van der Waals surface area contributed by atoms with Crippen molar-refractivity contribution in [3.63, 3.8) is 0 Å². The maximum atomic E-state index is 12.1. The summed E-state index contributed by atoms with van der Waals surface area (Å²) in [4.78, 5) is 12.1. The number of fused-ring (bicyclic) bond motifs is 1. The van der Waals surface area contributed by atoms with Crippen LogP contribution < -0.4 is 14.8 Å². The van der Waals surface area contributed by atoms with Gasteiger partial charge in [-0.15, -0.1) is 0 Å². The van der Waals surface area contributed by atoms with E-state index in [4.69, 9.17) is 32.7 Å². The summed E-state index contributed by atoms with van der Waals surface area (Å²) in [5.74, 6) is 0.779. The van der Waals surface area contributed by atoms with E-state index in [0.29, 0.717) is 46.1 Å². The summed E-state index contributed by atoms with van der Waals surface area (Å²) in [6.07, 6.45) is 2.99. The van der Waals surface area contributed by atoms with Crippen LogP contribution in [0.25, 0.3) is 6.08 Å². The lowest BCUT2D eigenvalue weighted by atomic mass is 10.2. The number of benzene rings is 1. The van der Waals surface area contributed by atoms with Crippen LogP contribution in [0, 0.1) is 6.92 Å². The first kappa shape index (κ1) is 16.7. The molecule has 1 aromatic carbocycles. The molecule has 0 atom stereocenters. The van der Waals surface area contributed by atoms with Crippen LogP contribution in [0.3, 0.4) is 0 Å². The molecule has 126 valence electrons. The largest absolute Gasteiger partial charge is 0.486 e. The van der Waals surface area contributed by atoms with Gasteiger partial charge in [-0.25, -0.2) is 0 Å². The number of carbonyl (C=O) groups excluding carboxylic acids is 1. The van der Waals surface area contributed by atoms with Crippen molar-refractivity contribution in [3.05, 3.63) is 39.6 Å². The minimum absolute atomic E-state index is 0.340. The first-order chi connectivity index (χ1) is 11.5. The van der Waals surface area contributed by atoms with Gasteiger partial charge in [-0.2, -0.15) is 5.10 Å². The zero-order chi connectivity index (χ0) is 17.3. The highest BCUT2D eigenvalue weighted by Gasteiger charge is 2.16. The topological polar surface area (TPSA) is 65.4 Å². The van der Waals surface area contributed by atoms with E-state index >= 15 is 0 Å². The highest BCUT2D eigenvalue weighted by molar-refractivity contribution is 6.34. The molecular formula is C16H15Cl2N3O3. The number of aromatic nitrogens is 2. The van der Waals surface area contributed by atoms with Crippen LogP contribution in [-0.4, -0.2) is 28.9 Å². The smallest absolute Gasteiger partial charge is 0.248 e. The van der Waals surface area contributed by atoms with Crippen LogP contribution in [-0.2, 0) is 11.8 Å². The molecule has 0 saturated heterocycles. The van der Waals surface area contributed by atoms with Crippen molar-refractivity contribution in [2.75, 3.05) is 18.5 Å². The molecule has 8 heteroatoms. The first-order valence-electron chi connectivity index (χ1n) is 7.23. The Morgan fingerprint density at radius 3 is 2.58 bits per heavy atom. The summed E-state index contributed by atoms with van der Waals surface area (Å²) in [6, 6.07) is 3.27. The molecule has 0 saturated carbocycles. The van der Waals surface area contributed by atoms with E-state index in [1.54, 1.807) is 29.9 Å². The van der Waals surface area contributed by atoms with Gasteiger partial charge < -0.3 is 14.8 Å². The molecule has 0 spiro atoms. The average molecular weight is 368 g/mol. The maximum absolute atomic E-state index is 12.1. The Hall–Kier alpha value is -2.18. The second kappa shape index (κ2) is 6.75. The number of rotatable bonds is 3. The van der Waals surface area contributed by atoms with Crippen molar-refractivity contribution in [1.82, 2.24) is 9.78 Å². The molecule has 3 rings (SSSR count). The number of carbonyl (C=O) groups is 1. The molecule has 0 fully saturated rings. The molecule has 2 aromatic rings. The second-order valence-corrected chi connectivity index (χ2v) is 5.98. The number of nitrogens with one attached hydrogen (secondary N) is 1. The normalized spacial score (nSPS) is 13.3. The van der Waals surface area contributed by atoms with Crippen LogP contribution in [0.2, 0.25) is 10.2 Å². The van der Waals surface area contributed by atoms with Crippen LogP contribution in [0.5, 0.6) is 11.5 Å². The summed E-state index contributed by atoms with van der Waals surface area (Å²) >= 11 is 12.3. The molecule has 24 heavy (non-hydrogen) atoms. The Labute approximate surface area is 148 Å². The lowest BCUT2D eigenvalue weighted by Crippen LogP contribution is -2.16. The fourth-order valence-electron chi connectivity index (χ4n) is 2.33. The zero-order valence-electron chi connectivity index (χ0n) is 13.1. The van der Waals surface area contributed by atoms with Crippen LogP contribution in [0.4, 0.5) is 5.69 Å². The van der Waals surface area contributed by atoms with Crippen LogP contribution in [0.15, 0.2) is 18.2 Å². The van der Waals surface area contributed by atoms with Gasteiger partial charge in [0.1, 0.15) is 18.4 Å². The van der Waals surface area contributed by atoms with Crippen molar-refractivity contribution in [2.24, 2.45) is 7.05 Å². The number of nitrogens with zero attached hydrogens (tertiary/aromatic N) is 2. The highest BCUT2D eigenvalue weighted by Crippen LogP contribution is 2.37. The number of aryl methyl sites for hydroxylation is 2. The molecule has 1 aliphatic rings. The molecule has 0 aliphatic carbocycles. The molecule has 2 heterocycles. The van der Waals surface area contributed by atoms with E-state index < -0.39 is 0 Å². The van der Waals surface area contributed by atoms with Crippen molar-refractivity contribution >= 4 is 40.9 Å². The molecule has 1 N–H and O–H groups in total. The second-order valence-electron chi connectivity index (χ2n) is 5.21. The van der Waals surface area contributed by atoms with Gasteiger partial charge in [0.05, 0.1) is 16.4 Å². The fourth-order valence-corrected chi connectivity index (χ4v) is 2.77. The molecule has 6 nitrogen and oxygen atoms in total. The van der Waals surface area contributed by atoms with Gasteiger partial charge in [-0.05, 0) is 13.0 Å².